The standard InChI is InChI=1S/C13H13Br/c1-12(14)8-4-2-5-9-13-10-6-3-7-11-13/h3,6-7,10-11H,1-2,4,8H2. The van der Waals surface area contributed by atoms with Crippen molar-refractivity contribution in [3.05, 3.63) is 47.0 Å². The van der Waals surface area contributed by atoms with Gasteiger partial charge in [0.1, 0.15) is 0 Å². The van der Waals surface area contributed by atoms with Crippen molar-refractivity contribution in [3.8, 4) is 11.8 Å². The quantitative estimate of drug-likeness (QED) is 0.558. The predicted molar refractivity (Wildman–Crippen MR) is 65.2 cm³/mol. The molecule has 0 aliphatic carbocycles. The van der Waals surface area contributed by atoms with Crippen molar-refractivity contribution in [2.45, 2.75) is 19.3 Å². The lowest BCUT2D eigenvalue weighted by Crippen LogP contribution is -1.74. The SMILES string of the molecule is C=C(Br)CCCC#Cc1ccccc1. The Hall–Kier alpha value is -1.00. The van der Waals surface area contributed by atoms with Gasteiger partial charge in [0.2, 0.25) is 0 Å². The minimum Gasteiger partial charge on any atom is -0.0979 e. The number of hydrogen-bond donors (Lipinski definition) is 0. The van der Waals surface area contributed by atoms with Crippen LogP contribution >= 0.6 is 15.9 Å². The summed E-state index contributed by atoms with van der Waals surface area (Å²) in [5.41, 5.74) is 1.09. The maximum absolute atomic E-state index is 3.78. The average molecular weight is 249 g/mol. The molecule has 0 bridgehead atoms. The second-order valence-electron chi connectivity index (χ2n) is 3.04. The van der Waals surface area contributed by atoms with Crippen LogP contribution in [0.5, 0.6) is 0 Å². The summed E-state index contributed by atoms with van der Waals surface area (Å²) < 4.78 is 1.05. The van der Waals surface area contributed by atoms with E-state index in [4.69, 9.17) is 0 Å². The highest BCUT2D eigenvalue weighted by Gasteiger charge is 1.86. The molecule has 1 rings (SSSR count). The second-order valence-corrected chi connectivity index (χ2v) is 4.16. The van der Waals surface area contributed by atoms with E-state index in [1.807, 2.05) is 30.3 Å². The van der Waals surface area contributed by atoms with Gasteiger partial charge in [-0.3, -0.25) is 0 Å². The largest absolute Gasteiger partial charge is 0.0979 e. The molecular weight excluding hydrogens is 236 g/mol. The van der Waals surface area contributed by atoms with Gasteiger partial charge in [0, 0.05) is 12.0 Å². The molecule has 0 N–H and O–H groups in total. The first-order valence-electron chi connectivity index (χ1n) is 4.66. The summed E-state index contributed by atoms with van der Waals surface area (Å²) >= 11 is 3.33. The van der Waals surface area contributed by atoms with E-state index in [0.29, 0.717) is 0 Å². The Labute approximate surface area is 94.2 Å². The Morgan fingerprint density at radius 1 is 1.29 bits per heavy atom. The molecule has 0 unspecified atom stereocenters. The monoisotopic (exact) mass is 248 g/mol. The zero-order valence-corrected chi connectivity index (χ0v) is 9.68. The van der Waals surface area contributed by atoms with Crippen LogP contribution in [0.15, 0.2) is 41.4 Å². The molecule has 0 saturated carbocycles. The van der Waals surface area contributed by atoms with Crippen molar-refractivity contribution in [2.75, 3.05) is 0 Å². The normalized spacial score (nSPS) is 8.93. The highest BCUT2D eigenvalue weighted by Crippen LogP contribution is 2.10. The third kappa shape index (κ3) is 4.89. The number of benzene rings is 1. The van der Waals surface area contributed by atoms with E-state index in [0.717, 1.165) is 29.3 Å². The Bertz CT molecular complexity index is 340. The maximum Gasteiger partial charge on any atom is 0.0245 e. The molecule has 1 aromatic carbocycles. The minimum atomic E-state index is 0.930. The van der Waals surface area contributed by atoms with Crippen molar-refractivity contribution in [3.63, 3.8) is 0 Å². The van der Waals surface area contributed by atoms with Gasteiger partial charge in [-0.15, -0.1) is 0 Å². The summed E-state index contributed by atoms with van der Waals surface area (Å²) in [5.74, 6) is 6.27. The number of rotatable bonds is 3. The molecule has 72 valence electrons. The average Bonchev–Trinajstić information content (AvgIpc) is 2.18. The van der Waals surface area contributed by atoms with Crippen molar-refractivity contribution in [2.24, 2.45) is 0 Å². The smallest absolute Gasteiger partial charge is 0.0245 e. The highest BCUT2D eigenvalue weighted by atomic mass is 79.9. The van der Waals surface area contributed by atoms with E-state index >= 15 is 0 Å². The summed E-state index contributed by atoms with van der Waals surface area (Å²) in [6, 6.07) is 10.1. The molecule has 1 aromatic rings. The zero-order chi connectivity index (χ0) is 10.2. The molecule has 0 saturated heterocycles. The Morgan fingerprint density at radius 2 is 2.00 bits per heavy atom. The number of hydrogen-bond acceptors (Lipinski definition) is 0. The molecule has 0 aliphatic heterocycles. The molecule has 0 amide bonds. The van der Waals surface area contributed by atoms with Crippen LogP contribution < -0.4 is 0 Å². The van der Waals surface area contributed by atoms with Gasteiger partial charge in [0.15, 0.2) is 0 Å². The van der Waals surface area contributed by atoms with E-state index < -0.39 is 0 Å². The summed E-state index contributed by atoms with van der Waals surface area (Å²) in [5, 5.41) is 0. The van der Waals surface area contributed by atoms with Gasteiger partial charge < -0.3 is 0 Å². The fourth-order valence-electron chi connectivity index (χ4n) is 1.05. The number of unbranched alkanes of at least 4 members (excludes halogenated alkanes) is 1. The Kier molecular flexibility index (Phi) is 5.11. The first-order valence-corrected chi connectivity index (χ1v) is 5.45. The maximum atomic E-state index is 3.78. The van der Waals surface area contributed by atoms with Crippen LogP contribution in [0.2, 0.25) is 0 Å². The minimum absolute atomic E-state index is 0.930. The molecule has 0 aromatic heterocycles. The lowest BCUT2D eigenvalue weighted by atomic mass is 10.2. The highest BCUT2D eigenvalue weighted by molar-refractivity contribution is 9.11. The second kappa shape index (κ2) is 6.45. The van der Waals surface area contributed by atoms with Gasteiger partial charge >= 0.3 is 0 Å². The fourth-order valence-corrected chi connectivity index (χ4v) is 1.34. The fraction of sp³-hybridized carbons (Fsp3) is 0.231. The van der Waals surface area contributed by atoms with E-state index in [1.165, 1.54) is 0 Å². The van der Waals surface area contributed by atoms with Crippen molar-refractivity contribution in [1.82, 2.24) is 0 Å². The van der Waals surface area contributed by atoms with E-state index in [2.05, 4.69) is 34.3 Å². The van der Waals surface area contributed by atoms with Crippen LogP contribution in [0.3, 0.4) is 0 Å². The van der Waals surface area contributed by atoms with E-state index in [1.54, 1.807) is 0 Å². The summed E-state index contributed by atoms with van der Waals surface area (Å²) in [7, 11) is 0. The van der Waals surface area contributed by atoms with Crippen molar-refractivity contribution < 1.29 is 0 Å². The molecule has 1 heteroatoms. The van der Waals surface area contributed by atoms with Gasteiger partial charge in [-0.05, 0) is 29.5 Å². The summed E-state index contributed by atoms with van der Waals surface area (Å²) in [6.07, 6.45) is 3.01. The summed E-state index contributed by atoms with van der Waals surface area (Å²) in [4.78, 5) is 0. The molecule has 0 nitrogen and oxygen atoms in total. The van der Waals surface area contributed by atoms with Gasteiger partial charge in [0.05, 0.1) is 0 Å². The van der Waals surface area contributed by atoms with Crippen LogP contribution in [-0.2, 0) is 0 Å². The van der Waals surface area contributed by atoms with Gasteiger partial charge in [-0.1, -0.05) is 52.5 Å². The third-order valence-corrected chi connectivity index (χ3v) is 2.15. The number of halogens is 1. The molecule has 0 heterocycles. The van der Waals surface area contributed by atoms with Crippen LogP contribution in [0.4, 0.5) is 0 Å². The van der Waals surface area contributed by atoms with Crippen molar-refractivity contribution in [1.29, 1.82) is 0 Å². The molecule has 0 spiro atoms. The third-order valence-electron chi connectivity index (χ3n) is 1.76. The molecule has 14 heavy (non-hydrogen) atoms. The Balaban J connectivity index is 2.31. The van der Waals surface area contributed by atoms with Gasteiger partial charge in [-0.25, -0.2) is 0 Å². The predicted octanol–water partition coefficient (Wildman–Crippen LogP) is 4.12. The lowest BCUT2D eigenvalue weighted by molar-refractivity contribution is 0.881. The molecule has 0 fully saturated rings. The zero-order valence-electron chi connectivity index (χ0n) is 8.09. The Morgan fingerprint density at radius 3 is 2.64 bits per heavy atom. The topological polar surface area (TPSA) is 0 Å². The summed E-state index contributed by atoms with van der Waals surface area (Å²) in [6.45, 7) is 3.78. The van der Waals surface area contributed by atoms with E-state index in [9.17, 15) is 0 Å². The number of allylic oxidation sites excluding steroid dienone is 1. The van der Waals surface area contributed by atoms with Gasteiger partial charge in [0.25, 0.3) is 0 Å². The van der Waals surface area contributed by atoms with Crippen LogP contribution in [-0.4, -0.2) is 0 Å². The van der Waals surface area contributed by atoms with Gasteiger partial charge in [-0.2, -0.15) is 0 Å². The molecular formula is C13H13Br. The van der Waals surface area contributed by atoms with Crippen LogP contribution in [0.25, 0.3) is 0 Å². The van der Waals surface area contributed by atoms with Crippen LogP contribution in [0.1, 0.15) is 24.8 Å². The van der Waals surface area contributed by atoms with Crippen molar-refractivity contribution >= 4 is 15.9 Å². The lowest BCUT2D eigenvalue weighted by Gasteiger charge is -1.91. The first-order chi connectivity index (χ1) is 6.79. The first kappa shape index (κ1) is 11.1. The molecule has 0 aliphatic rings. The molecule has 0 radical (unpaired) electrons. The van der Waals surface area contributed by atoms with Crippen LogP contribution in [0, 0.1) is 11.8 Å². The molecule has 0 atom stereocenters. The van der Waals surface area contributed by atoms with E-state index in [-0.39, 0.29) is 0 Å².